The third-order valence-corrected chi connectivity index (χ3v) is 1.38. The van der Waals surface area contributed by atoms with Crippen LogP contribution in [0.25, 0.3) is 0 Å². The Morgan fingerprint density at radius 2 is 2.08 bits per heavy atom. The average molecular weight is 187 g/mol. The van der Waals surface area contributed by atoms with Gasteiger partial charge in [0.2, 0.25) is 12.4 Å². The molecule has 0 aromatic heterocycles. The highest BCUT2D eigenvalue weighted by Crippen LogP contribution is 2.22. The molecule has 0 radical (unpaired) electrons. The molecule has 1 atom stereocenters. The van der Waals surface area contributed by atoms with Crippen LogP contribution >= 0.6 is 0 Å². The molecule has 68 valence electrons. The summed E-state index contributed by atoms with van der Waals surface area (Å²) in [6.07, 6.45) is -1.28. The first-order valence-corrected chi connectivity index (χ1v) is 3.31. The van der Waals surface area contributed by atoms with Crippen molar-refractivity contribution in [2.45, 2.75) is 6.30 Å². The highest BCUT2D eigenvalue weighted by atomic mass is 19.1. The van der Waals surface area contributed by atoms with Gasteiger partial charge in [-0.15, -0.1) is 0 Å². The zero-order valence-corrected chi connectivity index (χ0v) is 6.30. The largest absolute Gasteiger partial charge is 0.238 e. The van der Waals surface area contributed by atoms with Crippen molar-refractivity contribution >= 4 is 6.08 Å². The SMILES string of the molecule is O=C=NC(F)c1cc(F)ccc1F. The van der Waals surface area contributed by atoms with Crippen molar-refractivity contribution in [2.75, 3.05) is 0 Å². The van der Waals surface area contributed by atoms with Crippen LogP contribution in [0.4, 0.5) is 13.2 Å². The van der Waals surface area contributed by atoms with Crippen LogP contribution in [0.3, 0.4) is 0 Å². The second-order valence-corrected chi connectivity index (χ2v) is 2.22. The molecule has 0 spiro atoms. The number of halogens is 3. The topological polar surface area (TPSA) is 29.4 Å². The van der Waals surface area contributed by atoms with E-state index in [4.69, 9.17) is 0 Å². The van der Waals surface area contributed by atoms with Crippen molar-refractivity contribution in [1.29, 1.82) is 0 Å². The molecule has 13 heavy (non-hydrogen) atoms. The Balaban J connectivity index is 3.12. The first-order valence-electron chi connectivity index (χ1n) is 3.31. The molecule has 0 N–H and O–H groups in total. The first-order chi connectivity index (χ1) is 6.15. The molecule has 1 rings (SSSR count). The number of hydrogen-bond acceptors (Lipinski definition) is 2. The summed E-state index contributed by atoms with van der Waals surface area (Å²) in [4.78, 5) is 12.3. The van der Waals surface area contributed by atoms with E-state index in [1.54, 1.807) is 0 Å². The molecule has 2 nitrogen and oxygen atoms in total. The number of carbonyl (C=O) groups excluding carboxylic acids is 1. The molecule has 0 amide bonds. The normalized spacial score (nSPS) is 11.9. The summed E-state index contributed by atoms with van der Waals surface area (Å²) in [5.41, 5.74) is -0.608. The molecule has 1 unspecified atom stereocenters. The van der Waals surface area contributed by atoms with Gasteiger partial charge in [-0.1, -0.05) is 0 Å². The van der Waals surface area contributed by atoms with E-state index in [2.05, 4.69) is 4.99 Å². The fraction of sp³-hybridized carbons (Fsp3) is 0.125. The standard InChI is InChI=1S/C8H4F3NO/c9-5-1-2-7(10)6(3-5)8(11)12-4-13/h1-3,8H. The van der Waals surface area contributed by atoms with E-state index in [0.29, 0.717) is 6.07 Å². The van der Waals surface area contributed by atoms with E-state index in [-0.39, 0.29) is 0 Å². The number of rotatable bonds is 2. The number of aliphatic imine (C=N–C) groups is 1. The summed E-state index contributed by atoms with van der Waals surface area (Å²) in [6.45, 7) is 0. The second kappa shape index (κ2) is 3.87. The lowest BCUT2D eigenvalue weighted by molar-refractivity contribution is 0.343. The zero-order valence-electron chi connectivity index (χ0n) is 6.30. The Morgan fingerprint density at radius 3 is 2.69 bits per heavy atom. The Hall–Kier alpha value is -1.61. The van der Waals surface area contributed by atoms with Crippen molar-refractivity contribution in [2.24, 2.45) is 4.99 Å². The molecule has 0 fully saturated rings. The summed E-state index contributed by atoms with van der Waals surface area (Å²) < 4.78 is 38.0. The van der Waals surface area contributed by atoms with E-state index in [0.717, 1.165) is 18.2 Å². The van der Waals surface area contributed by atoms with Gasteiger partial charge in [-0.05, 0) is 18.2 Å². The van der Waals surface area contributed by atoms with E-state index in [9.17, 15) is 18.0 Å². The van der Waals surface area contributed by atoms with Crippen molar-refractivity contribution < 1.29 is 18.0 Å². The third-order valence-electron chi connectivity index (χ3n) is 1.38. The van der Waals surface area contributed by atoms with E-state index in [1.165, 1.54) is 0 Å². The molecule has 1 aromatic rings. The predicted molar refractivity (Wildman–Crippen MR) is 38.3 cm³/mol. The molecule has 0 saturated carbocycles. The molecular formula is C8H4F3NO. The van der Waals surface area contributed by atoms with Crippen LogP contribution in [-0.4, -0.2) is 6.08 Å². The smallest absolute Gasteiger partial charge is 0.215 e. The van der Waals surface area contributed by atoms with Gasteiger partial charge in [-0.2, -0.15) is 4.99 Å². The van der Waals surface area contributed by atoms with Crippen LogP contribution in [0, 0.1) is 11.6 Å². The van der Waals surface area contributed by atoms with Crippen LogP contribution in [0.2, 0.25) is 0 Å². The quantitative estimate of drug-likeness (QED) is 0.396. The average Bonchev–Trinajstić information content (AvgIpc) is 2.09. The molecule has 0 heterocycles. The minimum absolute atomic E-state index is 0.608. The number of hydrogen-bond donors (Lipinski definition) is 0. The maximum Gasteiger partial charge on any atom is 0.238 e. The Labute approximate surface area is 71.7 Å². The third kappa shape index (κ3) is 2.16. The first kappa shape index (κ1) is 9.48. The number of nitrogens with zero attached hydrogens (tertiary/aromatic N) is 1. The number of benzene rings is 1. The minimum Gasteiger partial charge on any atom is -0.215 e. The van der Waals surface area contributed by atoms with E-state index >= 15 is 0 Å². The van der Waals surface area contributed by atoms with Gasteiger partial charge in [-0.3, -0.25) is 0 Å². The molecule has 0 saturated heterocycles. The lowest BCUT2D eigenvalue weighted by Crippen LogP contribution is -1.93. The molecule has 0 aliphatic carbocycles. The molecule has 0 aliphatic heterocycles. The highest BCUT2D eigenvalue weighted by molar-refractivity contribution is 5.35. The van der Waals surface area contributed by atoms with Crippen molar-refractivity contribution in [3.63, 3.8) is 0 Å². The molecule has 0 bridgehead atoms. The lowest BCUT2D eigenvalue weighted by atomic mass is 10.2. The highest BCUT2D eigenvalue weighted by Gasteiger charge is 2.13. The number of alkyl halides is 1. The number of isocyanates is 1. The summed E-state index contributed by atoms with van der Waals surface area (Å²) in [5.74, 6) is -1.74. The van der Waals surface area contributed by atoms with Crippen LogP contribution in [-0.2, 0) is 4.79 Å². The molecular weight excluding hydrogens is 183 g/mol. The van der Waals surface area contributed by atoms with E-state index < -0.39 is 23.5 Å². The van der Waals surface area contributed by atoms with Gasteiger partial charge < -0.3 is 0 Å². The Morgan fingerprint density at radius 1 is 1.38 bits per heavy atom. The van der Waals surface area contributed by atoms with Crippen molar-refractivity contribution in [3.05, 3.63) is 35.4 Å². The van der Waals surface area contributed by atoms with Gasteiger partial charge >= 0.3 is 0 Å². The van der Waals surface area contributed by atoms with Crippen molar-refractivity contribution in [3.8, 4) is 0 Å². The monoisotopic (exact) mass is 187 g/mol. The minimum atomic E-state index is -2.20. The van der Waals surface area contributed by atoms with Gasteiger partial charge in [0.05, 0.1) is 0 Å². The van der Waals surface area contributed by atoms with Gasteiger partial charge in [0.15, 0.2) is 0 Å². The summed E-state index contributed by atoms with van der Waals surface area (Å²) in [5, 5.41) is 0. The van der Waals surface area contributed by atoms with Crippen molar-refractivity contribution in [1.82, 2.24) is 0 Å². The molecule has 1 aromatic carbocycles. The van der Waals surface area contributed by atoms with Crippen LogP contribution in [0.1, 0.15) is 11.9 Å². The zero-order chi connectivity index (χ0) is 9.84. The van der Waals surface area contributed by atoms with E-state index in [1.807, 2.05) is 0 Å². The summed E-state index contributed by atoms with van der Waals surface area (Å²) in [7, 11) is 0. The molecule has 0 aliphatic rings. The van der Waals surface area contributed by atoms with Gasteiger partial charge in [-0.25, -0.2) is 18.0 Å². The second-order valence-electron chi connectivity index (χ2n) is 2.22. The maximum absolute atomic E-state index is 12.7. The lowest BCUT2D eigenvalue weighted by Gasteiger charge is -2.02. The van der Waals surface area contributed by atoms with Crippen LogP contribution in [0.15, 0.2) is 23.2 Å². The van der Waals surface area contributed by atoms with Gasteiger partial charge in [0.25, 0.3) is 0 Å². The Bertz CT molecular complexity index is 360. The fourth-order valence-electron chi connectivity index (χ4n) is 0.813. The maximum atomic E-state index is 12.7. The fourth-order valence-corrected chi connectivity index (χ4v) is 0.813. The predicted octanol–water partition coefficient (Wildman–Crippen LogP) is 2.27. The van der Waals surface area contributed by atoms with Gasteiger partial charge in [0.1, 0.15) is 11.6 Å². The van der Waals surface area contributed by atoms with Crippen LogP contribution in [0.5, 0.6) is 0 Å². The van der Waals surface area contributed by atoms with Gasteiger partial charge in [0, 0.05) is 5.56 Å². The summed E-state index contributed by atoms with van der Waals surface area (Å²) in [6, 6.07) is 2.24. The Kier molecular flexibility index (Phi) is 2.82. The molecule has 5 heteroatoms. The van der Waals surface area contributed by atoms with Crippen LogP contribution < -0.4 is 0 Å². The summed E-state index contributed by atoms with van der Waals surface area (Å²) >= 11 is 0.